The number of hydrogen-bond donors (Lipinski definition) is 3. The van der Waals surface area contributed by atoms with Gasteiger partial charge in [0.2, 0.25) is 0 Å². The van der Waals surface area contributed by atoms with E-state index in [1.165, 1.54) is 64.2 Å². The summed E-state index contributed by atoms with van der Waals surface area (Å²) in [5.74, 6) is 5.11. The Hall–Kier alpha value is -0.120. The Balaban J connectivity index is 1.43. The van der Waals surface area contributed by atoms with E-state index in [1.54, 1.807) is 6.92 Å². The maximum atomic E-state index is 10.3. The minimum atomic E-state index is -1.38. The minimum Gasteiger partial charge on any atom is -0.393 e. The van der Waals surface area contributed by atoms with Gasteiger partial charge in [0.25, 0.3) is 0 Å². The second kappa shape index (κ2) is 8.34. The number of hydrogen-bond acceptors (Lipinski definition) is 3. The third-order valence-corrected chi connectivity index (χ3v) is 11.3. The lowest BCUT2D eigenvalue weighted by Gasteiger charge is -2.61. The molecule has 0 aromatic rings. The van der Waals surface area contributed by atoms with Gasteiger partial charge in [-0.1, -0.05) is 33.6 Å². The molecule has 0 aromatic heterocycles. The van der Waals surface area contributed by atoms with Crippen LogP contribution in [0.25, 0.3) is 0 Å². The Morgan fingerprint density at radius 3 is 2.37 bits per heavy atom. The molecule has 0 radical (unpaired) electrons. The lowest BCUT2D eigenvalue weighted by molar-refractivity contribution is -0.116. The molecule has 10 atom stereocenters. The first-order valence-electron chi connectivity index (χ1n) is 13.1. The van der Waals surface area contributed by atoms with E-state index in [9.17, 15) is 15.3 Å². The highest BCUT2D eigenvalue weighted by Gasteiger charge is 2.60. The van der Waals surface area contributed by atoms with Gasteiger partial charge < -0.3 is 15.3 Å². The third-order valence-electron chi connectivity index (χ3n) is 11.3. The molecule has 0 saturated heterocycles. The summed E-state index contributed by atoms with van der Waals surface area (Å²) in [5.41, 5.74) is -0.303. The number of rotatable bonds is 6. The van der Waals surface area contributed by atoms with Crippen molar-refractivity contribution >= 4 is 0 Å². The van der Waals surface area contributed by atoms with Gasteiger partial charge in [-0.15, -0.1) is 0 Å². The van der Waals surface area contributed by atoms with Crippen LogP contribution in [0.2, 0.25) is 0 Å². The molecule has 4 aliphatic rings. The summed E-state index contributed by atoms with van der Waals surface area (Å²) in [4.78, 5) is 0. The van der Waals surface area contributed by atoms with Gasteiger partial charge in [-0.05, 0) is 117 Å². The average molecular weight is 421 g/mol. The Morgan fingerprint density at radius 2 is 1.63 bits per heavy atom. The standard InChI is InChI=1S/C27H48O3/c1-18(8-13-24(29)27(4,30)17-28)21-11-12-22-20-10-9-19-7-5-6-15-25(19,2)23(20)14-16-26(21,22)3/h18-24,28-30H,5-17H2,1-4H3/t18-,19?,20+,21-,22+,23+,24?,25+,26-,27?/m1/s1. The summed E-state index contributed by atoms with van der Waals surface area (Å²) in [6, 6.07) is 0. The van der Waals surface area contributed by atoms with Crippen LogP contribution in [0.3, 0.4) is 0 Å². The van der Waals surface area contributed by atoms with Gasteiger partial charge >= 0.3 is 0 Å². The zero-order valence-corrected chi connectivity index (χ0v) is 20.1. The smallest absolute Gasteiger partial charge is 0.111 e. The molecule has 0 amide bonds. The summed E-state index contributed by atoms with van der Waals surface area (Å²) >= 11 is 0. The summed E-state index contributed by atoms with van der Waals surface area (Å²) in [6.07, 6.45) is 15.1. The van der Waals surface area contributed by atoms with Crippen LogP contribution in [0.4, 0.5) is 0 Å². The van der Waals surface area contributed by atoms with Crippen LogP contribution in [0, 0.1) is 46.3 Å². The fourth-order valence-corrected chi connectivity index (χ4v) is 9.31. The molecule has 3 nitrogen and oxygen atoms in total. The van der Waals surface area contributed by atoms with Crippen molar-refractivity contribution in [3.05, 3.63) is 0 Å². The second-order valence-electron chi connectivity index (χ2n) is 12.7. The van der Waals surface area contributed by atoms with Crippen LogP contribution >= 0.6 is 0 Å². The van der Waals surface area contributed by atoms with E-state index >= 15 is 0 Å². The topological polar surface area (TPSA) is 60.7 Å². The van der Waals surface area contributed by atoms with Crippen molar-refractivity contribution in [1.82, 2.24) is 0 Å². The second-order valence-corrected chi connectivity index (χ2v) is 12.7. The highest BCUT2D eigenvalue weighted by atomic mass is 16.4. The van der Waals surface area contributed by atoms with Crippen molar-refractivity contribution in [2.24, 2.45) is 46.3 Å². The molecule has 174 valence electrons. The first kappa shape index (κ1) is 23.1. The number of fused-ring (bicyclic) bond motifs is 5. The van der Waals surface area contributed by atoms with E-state index < -0.39 is 11.7 Å². The molecule has 30 heavy (non-hydrogen) atoms. The maximum absolute atomic E-state index is 10.3. The summed E-state index contributed by atoms with van der Waals surface area (Å²) in [5, 5.41) is 29.8. The van der Waals surface area contributed by atoms with Crippen LogP contribution < -0.4 is 0 Å². The lowest BCUT2D eigenvalue weighted by Crippen LogP contribution is -2.53. The van der Waals surface area contributed by atoms with Gasteiger partial charge in [0.05, 0.1) is 12.7 Å². The first-order valence-corrected chi connectivity index (χ1v) is 13.1. The number of aliphatic hydroxyl groups excluding tert-OH is 2. The van der Waals surface area contributed by atoms with E-state index in [2.05, 4.69) is 20.8 Å². The summed E-state index contributed by atoms with van der Waals surface area (Å²) in [7, 11) is 0. The van der Waals surface area contributed by atoms with E-state index in [-0.39, 0.29) is 6.61 Å². The van der Waals surface area contributed by atoms with Gasteiger partial charge in [-0.2, -0.15) is 0 Å². The van der Waals surface area contributed by atoms with Crippen molar-refractivity contribution in [2.45, 2.75) is 116 Å². The predicted octanol–water partition coefficient (Wildman–Crippen LogP) is 5.56. The molecular weight excluding hydrogens is 372 g/mol. The molecule has 4 rings (SSSR count). The van der Waals surface area contributed by atoms with E-state index in [0.29, 0.717) is 23.2 Å². The molecule has 3 N–H and O–H groups in total. The molecular formula is C27H48O3. The third kappa shape index (κ3) is 3.69. The van der Waals surface area contributed by atoms with Crippen molar-refractivity contribution in [3.8, 4) is 0 Å². The quantitative estimate of drug-likeness (QED) is 0.527. The first-order chi connectivity index (χ1) is 14.1. The molecule has 0 aromatic carbocycles. The number of aliphatic hydroxyl groups is 3. The van der Waals surface area contributed by atoms with E-state index in [0.717, 1.165) is 36.0 Å². The van der Waals surface area contributed by atoms with Crippen molar-refractivity contribution in [1.29, 1.82) is 0 Å². The molecule has 4 saturated carbocycles. The summed E-state index contributed by atoms with van der Waals surface area (Å²) < 4.78 is 0. The normalized spacial score (nSPS) is 47.5. The van der Waals surface area contributed by atoms with E-state index in [4.69, 9.17) is 0 Å². The van der Waals surface area contributed by atoms with Gasteiger partial charge in [-0.25, -0.2) is 0 Å². The minimum absolute atomic E-state index is 0.380. The van der Waals surface area contributed by atoms with Crippen LogP contribution in [0.5, 0.6) is 0 Å². The fourth-order valence-electron chi connectivity index (χ4n) is 9.31. The van der Waals surface area contributed by atoms with Crippen LogP contribution in [0.1, 0.15) is 105 Å². The molecule has 4 fully saturated rings. The molecule has 3 heteroatoms. The molecule has 0 spiro atoms. The van der Waals surface area contributed by atoms with Gasteiger partial charge in [0.15, 0.2) is 0 Å². The van der Waals surface area contributed by atoms with Gasteiger partial charge in [0.1, 0.15) is 5.60 Å². The largest absolute Gasteiger partial charge is 0.393 e. The Morgan fingerprint density at radius 1 is 0.900 bits per heavy atom. The highest BCUT2D eigenvalue weighted by Crippen LogP contribution is 2.68. The highest BCUT2D eigenvalue weighted by molar-refractivity contribution is 5.09. The fraction of sp³-hybridized carbons (Fsp3) is 1.00. The van der Waals surface area contributed by atoms with Crippen LogP contribution in [-0.2, 0) is 0 Å². The maximum Gasteiger partial charge on any atom is 0.111 e. The average Bonchev–Trinajstić information content (AvgIpc) is 3.08. The Kier molecular flexibility index (Phi) is 6.41. The monoisotopic (exact) mass is 420 g/mol. The van der Waals surface area contributed by atoms with Crippen molar-refractivity contribution in [3.63, 3.8) is 0 Å². The molecule has 0 aliphatic heterocycles. The Bertz CT molecular complexity index is 603. The van der Waals surface area contributed by atoms with Crippen molar-refractivity contribution in [2.75, 3.05) is 6.61 Å². The van der Waals surface area contributed by atoms with Crippen molar-refractivity contribution < 1.29 is 15.3 Å². The van der Waals surface area contributed by atoms with Crippen LogP contribution in [-0.4, -0.2) is 33.6 Å². The predicted molar refractivity (Wildman–Crippen MR) is 122 cm³/mol. The lowest BCUT2D eigenvalue weighted by atomic mass is 9.44. The molecule has 4 aliphatic carbocycles. The molecule has 0 heterocycles. The van der Waals surface area contributed by atoms with Gasteiger partial charge in [0, 0.05) is 0 Å². The molecule has 0 bridgehead atoms. The zero-order valence-electron chi connectivity index (χ0n) is 20.1. The SMILES string of the molecule is C[C@H](CCC(O)C(C)(O)CO)[C@H]1CC[C@H]2[C@@H]3CCC4CCCC[C@]4(C)[C@H]3CC[C@]12C. The zero-order chi connectivity index (χ0) is 21.7. The van der Waals surface area contributed by atoms with Gasteiger partial charge in [-0.3, -0.25) is 0 Å². The van der Waals surface area contributed by atoms with E-state index in [1.807, 2.05) is 0 Å². The molecule has 3 unspecified atom stereocenters. The Labute approximate surface area is 185 Å². The van der Waals surface area contributed by atoms with Crippen LogP contribution in [0.15, 0.2) is 0 Å². The summed E-state index contributed by atoms with van der Waals surface area (Å²) in [6.45, 7) is 8.81.